The lowest BCUT2D eigenvalue weighted by Gasteiger charge is -2.16. The van der Waals surface area contributed by atoms with Crippen LogP contribution in [0, 0.1) is 4.84 Å². The summed E-state index contributed by atoms with van der Waals surface area (Å²) in [6.45, 7) is 1.17. The predicted molar refractivity (Wildman–Crippen MR) is 94.3 cm³/mol. The largest absolute Gasteiger partial charge is 0.414 e. The maximum absolute atomic E-state index is 11.6. The fraction of sp³-hybridized carbons (Fsp3) is 0.467. The van der Waals surface area contributed by atoms with Gasteiger partial charge in [0.2, 0.25) is 5.89 Å². The minimum atomic E-state index is -2.98. The molecule has 0 amide bonds. The molecular weight excluding hydrogens is 370 g/mol. The standard InChI is InChI=1S/C15H18ClN3O3S2/c1-18(8-11-2-4-13(16)5-3-11)10-19-15(23)22-14(17-19)12-6-7-24(20,21)9-12/h2-5,12H,6-10H2,1H3. The molecule has 9 heteroatoms. The van der Waals surface area contributed by atoms with Gasteiger partial charge in [0.25, 0.3) is 4.84 Å². The Morgan fingerprint density at radius 2 is 2.12 bits per heavy atom. The number of aromatic nitrogens is 2. The quantitative estimate of drug-likeness (QED) is 0.735. The minimum Gasteiger partial charge on any atom is -0.414 e. The number of halogens is 1. The molecule has 1 saturated heterocycles. The Labute approximate surface area is 150 Å². The number of nitrogens with zero attached hydrogens (tertiary/aromatic N) is 3. The van der Waals surface area contributed by atoms with Crippen molar-refractivity contribution in [3.63, 3.8) is 0 Å². The number of hydrogen-bond donors (Lipinski definition) is 0. The molecule has 130 valence electrons. The number of benzene rings is 1. The highest BCUT2D eigenvalue weighted by molar-refractivity contribution is 7.91. The van der Waals surface area contributed by atoms with E-state index in [2.05, 4.69) is 5.10 Å². The molecule has 1 aliphatic rings. The molecule has 1 unspecified atom stereocenters. The van der Waals surface area contributed by atoms with Crippen molar-refractivity contribution < 1.29 is 12.8 Å². The van der Waals surface area contributed by atoms with E-state index in [0.717, 1.165) is 5.56 Å². The molecule has 6 nitrogen and oxygen atoms in total. The van der Waals surface area contributed by atoms with E-state index in [1.54, 1.807) is 4.68 Å². The monoisotopic (exact) mass is 387 g/mol. The van der Waals surface area contributed by atoms with Gasteiger partial charge < -0.3 is 4.42 Å². The summed E-state index contributed by atoms with van der Waals surface area (Å²) >= 11 is 11.1. The van der Waals surface area contributed by atoms with Crippen LogP contribution in [0.5, 0.6) is 0 Å². The summed E-state index contributed by atoms with van der Waals surface area (Å²) in [5.74, 6) is 0.493. The van der Waals surface area contributed by atoms with Crippen LogP contribution in [0.15, 0.2) is 28.7 Å². The highest BCUT2D eigenvalue weighted by atomic mass is 35.5. The van der Waals surface area contributed by atoms with Crippen LogP contribution < -0.4 is 0 Å². The Hall–Kier alpha value is -1.22. The van der Waals surface area contributed by atoms with Gasteiger partial charge in [-0.2, -0.15) is 0 Å². The lowest BCUT2D eigenvalue weighted by molar-refractivity contribution is 0.240. The molecule has 3 rings (SSSR count). The van der Waals surface area contributed by atoms with Crippen LogP contribution in [0.25, 0.3) is 0 Å². The third-order valence-electron chi connectivity index (χ3n) is 3.94. The molecule has 0 N–H and O–H groups in total. The molecule has 1 atom stereocenters. The maximum Gasteiger partial charge on any atom is 0.288 e. The second kappa shape index (κ2) is 6.95. The molecular formula is C15H18ClN3O3S2. The maximum atomic E-state index is 11.6. The molecule has 2 heterocycles. The normalized spacial score (nSPS) is 19.9. The van der Waals surface area contributed by atoms with Crippen molar-refractivity contribution in [3.8, 4) is 0 Å². The lowest BCUT2D eigenvalue weighted by atomic mass is 10.1. The molecule has 2 aromatic rings. The minimum absolute atomic E-state index is 0.0862. The van der Waals surface area contributed by atoms with Crippen LogP contribution in [-0.2, 0) is 23.1 Å². The molecule has 1 aromatic carbocycles. The summed E-state index contributed by atoms with van der Waals surface area (Å²) in [5.41, 5.74) is 1.12. The van der Waals surface area contributed by atoms with E-state index in [-0.39, 0.29) is 22.3 Å². The fourth-order valence-corrected chi connectivity index (χ4v) is 4.79. The predicted octanol–water partition coefficient (Wildman–Crippen LogP) is 2.85. The molecule has 0 spiro atoms. The van der Waals surface area contributed by atoms with Gasteiger partial charge >= 0.3 is 0 Å². The van der Waals surface area contributed by atoms with E-state index in [9.17, 15) is 8.42 Å². The van der Waals surface area contributed by atoms with Gasteiger partial charge in [-0.05, 0) is 43.4 Å². The Kier molecular flexibility index (Phi) is 5.10. The zero-order chi connectivity index (χ0) is 17.3. The average Bonchev–Trinajstić information content (AvgIpc) is 3.04. The molecule has 24 heavy (non-hydrogen) atoms. The summed E-state index contributed by atoms with van der Waals surface area (Å²) in [4.78, 5) is 2.30. The number of hydrogen-bond acceptors (Lipinski definition) is 6. The molecule has 0 bridgehead atoms. The number of sulfone groups is 1. The van der Waals surface area contributed by atoms with Crippen LogP contribution in [0.1, 0.15) is 23.8 Å². The van der Waals surface area contributed by atoms with Crippen molar-refractivity contribution in [2.24, 2.45) is 0 Å². The smallest absolute Gasteiger partial charge is 0.288 e. The van der Waals surface area contributed by atoms with E-state index in [4.69, 9.17) is 28.2 Å². The summed E-state index contributed by atoms with van der Waals surface area (Å²) in [5, 5.41) is 5.08. The topological polar surface area (TPSA) is 68.3 Å². The summed E-state index contributed by atoms with van der Waals surface area (Å²) in [7, 11) is -1.03. The van der Waals surface area contributed by atoms with Crippen molar-refractivity contribution in [1.29, 1.82) is 0 Å². The molecule has 1 fully saturated rings. The van der Waals surface area contributed by atoms with E-state index in [1.807, 2.05) is 36.2 Å². The Balaban J connectivity index is 1.67. The first-order chi connectivity index (χ1) is 11.3. The SMILES string of the molecule is CN(Cc1ccc(Cl)cc1)Cn1nc(C2CCS(=O)(=O)C2)oc1=S. The molecule has 1 aromatic heterocycles. The van der Waals surface area contributed by atoms with Crippen LogP contribution in [0.4, 0.5) is 0 Å². The second-order valence-corrected chi connectivity index (χ2v) is 9.10. The first-order valence-corrected chi connectivity index (χ1v) is 10.1. The molecule has 0 saturated carbocycles. The highest BCUT2D eigenvalue weighted by Gasteiger charge is 2.32. The highest BCUT2D eigenvalue weighted by Crippen LogP contribution is 2.27. The Bertz CT molecular complexity index is 874. The Morgan fingerprint density at radius 1 is 1.42 bits per heavy atom. The van der Waals surface area contributed by atoms with Gasteiger partial charge in [0.05, 0.1) is 24.1 Å². The van der Waals surface area contributed by atoms with Crippen molar-refractivity contribution in [3.05, 3.63) is 45.6 Å². The number of rotatable bonds is 5. The van der Waals surface area contributed by atoms with Gasteiger partial charge in [0.1, 0.15) is 0 Å². The van der Waals surface area contributed by atoms with Crippen molar-refractivity contribution in [2.75, 3.05) is 18.6 Å². The van der Waals surface area contributed by atoms with E-state index < -0.39 is 9.84 Å². The van der Waals surface area contributed by atoms with Crippen LogP contribution >= 0.6 is 23.8 Å². The third-order valence-corrected chi connectivity index (χ3v) is 6.26. The summed E-state index contributed by atoms with van der Waals surface area (Å²) in [6.07, 6.45) is 0.540. The molecule has 0 radical (unpaired) electrons. The van der Waals surface area contributed by atoms with Gasteiger partial charge in [-0.3, -0.25) is 4.90 Å². The van der Waals surface area contributed by atoms with Crippen LogP contribution in [-0.4, -0.2) is 41.7 Å². The van der Waals surface area contributed by atoms with Crippen molar-refractivity contribution >= 4 is 33.7 Å². The van der Waals surface area contributed by atoms with Crippen LogP contribution in [0.3, 0.4) is 0 Å². The molecule has 0 aliphatic carbocycles. The zero-order valence-corrected chi connectivity index (χ0v) is 15.6. The lowest BCUT2D eigenvalue weighted by Crippen LogP contribution is -2.22. The van der Waals surface area contributed by atoms with Crippen molar-refractivity contribution in [2.45, 2.75) is 25.6 Å². The third kappa shape index (κ3) is 4.24. The van der Waals surface area contributed by atoms with Gasteiger partial charge in [0.15, 0.2) is 9.84 Å². The van der Waals surface area contributed by atoms with E-state index in [0.29, 0.717) is 30.5 Å². The van der Waals surface area contributed by atoms with Gasteiger partial charge in [0, 0.05) is 11.6 Å². The van der Waals surface area contributed by atoms with E-state index in [1.165, 1.54) is 0 Å². The molecule has 1 aliphatic heterocycles. The van der Waals surface area contributed by atoms with Gasteiger partial charge in [-0.25, -0.2) is 13.1 Å². The summed E-state index contributed by atoms with van der Waals surface area (Å²) < 4.78 is 30.3. The van der Waals surface area contributed by atoms with E-state index >= 15 is 0 Å². The first kappa shape index (κ1) is 17.6. The first-order valence-electron chi connectivity index (χ1n) is 7.54. The summed E-state index contributed by atoms with van der Waals surface area (Å²) in [6, 6.07) is 7.64. The van der Waals surface area contributed by atoms with Gasteiger partial charge in [-0.15, -0.1) is 5.10 Å². The van der Waals surface area contributed by atoms with Crippen LogP contribution in [0.2, 0.25) is 5.02 Å². The Morgan fingerprint density at radius 3 is 2.75 bits per heavy atom. The van der Waals surface area contributed by atoms with Crippen molar-refractivity contribution in [1.82, 2.24) is 14.7 Å². The fourth-order valence-electron chi connectivity index (χ4n) is 2.75. The van der Waals surface area contributed by atoms with Gasteiger partial charge in [-0.1, -0.05) is 23.7 Å². The second-order valence-electron chi connectivity index (χ2n) is 6.09. The zero-order valence-electron chi connectivity index (χ0n) is 13.2. The average molecular weight is 388 g/mol.